The van der Waals surface area contributed by atoms with Crippen LogP contribution in [0.1, 0.15) is 21.6 Å². The number of hydrogen-bond acceptors (Lipinski definition) is 4. The Morgan fingerprint density at radius 1 is 0.966 bits per heavy atom. The Balaban J connectivity index is 1.40. The van der Waals surface area contributed by atoms with Crippen molar-refractivity contribution in [1.29, 1.82) is 0 Å². The van der Waals surface area contributed by atoms with Crippen molar-refractivity contribution in [2.24, 2.45) is 0 Å². The van der Waals surface area contributed by atoms with Crippen molar-refractivity contribution < 1.29 is 9.53 Å². The molecule has 1 heterocycles. The minimum atomic E-state index is -0.158. The quantitative estimate of drug-likeness (QED) is 0.442. The van der Waals surface area contributed by atoms with Crippen LogP contribution in [-0.4, -0.2) is 10.9 Å². The van der Waals surface area contributed by atoms with Gasteiger partial charge in [-0.3, -0.25) is 4.79 Å². The number of carbonyl (C=O) groups excluding carboxylic acids is 1. The number of para-hydroxylation sites is 1. The number of aromatic nitrogens is 1. The summed E-state index contributed by atoms with van der Waals surface area (Å²) in [4.78, 5) is 17.2. The summed E-state index contributed by atoms with van der Waals surface area (Å²) in [6.07, 6.45) is 0. The van der Waals surface area contributed by atoms with Gasteiger partial charge < -0.3 is 10.1 Å². The SMILES string of the molecule is Cc1ccccc1-c1nc(CNC(=O)c2cccc(Oc3ccccc3)c2)cs1. The number of aryl methyl sites for hydroxylation is 1. The lowest BCUT2D eigenvalue weighted by atomic mass is 10.1. The number of hydrogen-bond donors (Lipinski definition) is 1. The zero-order valence-corrected chi connectivity index (χ0v) is 16.8. The molecule has 0 fully saturated rings. The Hall–Kier alpha value is -3.44. The highest BCUT2D eigenvalue weighted by molar-refractivity contribution is 7.13. The highest BCUT2D eigenvalue weighted by Crippen LogP contribution is 2.26. The average molecular weight is 401 g/mol. The molecule has 0 aliphatic rings. The minimum absolute atomic E-state index is 0.158. The molecular formula is C24H20N2O2S. The second-order valence-corrected chi connectivity index (χ2v) is 7.44. The zero-order chi connectivity index (χ0) is 20.1. The maximum absolute atomic E-state index is 12.6. The number of amides is 1. The normalized spacial score (nSPS) is 10.5. The molecule has 0 bridgehead atoms. The van der Waals surface area contributed by atoms with Crippen molar-refractivity contribution in [3.63, 3.8) is 0 Å². The molecular weight excluding hydrogens is 380 g/mol. The average Bonchev–Trinajstić information content (AvgIpc) is 3.22. The molecule has 5 heteroatoms. The van der Waals surface area contributed by atoms with Crippen molar-refractivity contribution in [1.82, 2.24) is 10.3 Å². The molecule has 1 amide bonds. The largest absolute Gasteiger partial charge is 0.457 e. The zero-order valence-electron chi connectivity index (χ0n) is 16.0. The van der Waals surface area contributed by atoms with Crippen molar-refractivity contribution in [3.05, 3.63) is 101 Å². The number of nitrogens with one attached hydrogen (secondary N) is 1. The van der Waals surface area contributed by atoms with Crippen molar-refractivity contribution >= 4 is 17.2 Å². The third-order valence-corrected chi connectivity index (χ3v) is 5.36. The van der Waals surface area contributed by atoms with E-state index >= 15 is 0 Å². The van der Waals surface area contributed by atoms with Crippen molar-refractivity contribution in [2.45, 2.75) is 13.5 Å². The van der Waals surface area contributed by atoms with Crippen LogP contribution in [0, 0.1) is 6.92 Å². The highest BCUT2D eigenvalue weighted by Gasteiger charge is 2.10. The number of benzene rings is 3. The lowest BCUT2D eigenvalue weighted by Gasteiger charge is -2.08. The number of nitrogens with zero attached hydrogens (tertiary/aromatic N) is 1. The van der Waals surface area contributed by atoms with E-state index in [4.69, 9.17) is 4.74 Å². The smallest absolute Gasteiger partial charge is 0.251 e. The predicted molar refractivity (Wildman–Crippen MR) is 116 cm³/mol. The summed E-state index contributed by atoms with van der Waals surface area (Å²) in [6.45, 7) is 2.45. The van der Waals surface area contributed by atoms with Crippen molar-refractivity contribution in [2.75, 3.05) is 0 Å². The van der Waals surface area contributed by atoms with Crippen LogP contribution < -0.4 is 10.1 Å². The van der Waals surface area contributed by atoms with Gasteiger partial charge in [0.05, 0.1) is 12.2 Å². The number of ether oxygens (including phenoxy) is 1. The number of rotatable bonds is 6. The Morgan fingerprint density at radius 3 is 2.55 bits per heavy atom. The van der Waals surface area contributed by atoms with Gasteiger partial charge in [-0.1, -0.05) is 48.5 Å². The molecule has 0 aliphatic heterocycles. The Bertz CT molecular complexity index is 1120. The number of thiazole rings is 1. The third kappa shape index (κ3) is 4.70. The van der Waals surface area contributed by atoms with Gasteiger partial charge in [0.25, 0.3) is 5.91 Å². The van der Waals surface area contributed by atoms with Crippen LogP contribution in [0.3, 0.4) is 0 Å². The Kier molecular flexibility index (Phi) is 5.68. The fraction of sp³-hybridized carbons (Fsp3) is 0.0833. The topological polar surface area (TPSA) is 51.2 Å². The second kappa shape index (κ2) is 8.71. The van der Waals surface area contributed by atoms with Gasteiger partial charge in [-0.05, 0) is 42.8 Å². The summed E-state index contributed by atoms with van der Waals surface area (Å²) >= 11 is 1.59. The van der Waals surface area contributed by atoms with Gasteiger partial charge in [0.1, 0.15) is 16.5 Å². The van der Waals surface area contributed by atoms with Crippen molar-refractivity contribution in [3.8, 4) is 22.1 Å². The molecule has 4 nitrogen and oxygen atoms in total. The highest BCUT2D eigenvalue weighted by atomic mass is 32.1. The summed E-state index contributed by atoms with van der Waals surface area (Å²) < 4.78 is 5.80. The van der Waals surface area contributed by atoms with Crippen LogP contribution in [0.2, 0.25) is 0 Å². The van der Waals surface area contributed by atoms with Crippen LogP contribution in [0.25, 0.3) is 10.6 Å². The van der Waals surface area contributed by atoms with E-state index in [0.29, 0.717) is 17.9 Å². The molecule has 3 aromatic carbocycles. The molecule has 1 N–H and O–H groups in total. The standard InChI is InChI=1S/C24H20N2O2S/c1-17-8-5-6-13-22(17)24-26-19(16-29-24)15-25-23(27)18-9-7-12-21(14-18)28-20-10-3-2-4-11-20/h2-14,16H,15H2,1H3,(H,25,27). The summed E-state index contributed by atoms with van der Waals surface area (Å²) in [5, 5.41) is 5.88. The maximum Gasteiger partial charge on any atom is 0.251 e. The van der Waals surface area contributed by atoms with Crippen LogP contribution in [0.5, 0.6) is 11.5 Å². The summed E-state index contributed by atoms with van der Waals surface area (Å²) in [5.74, 6) is 1.20. The van der Waals surface area contributed by atoms with E-state index in [1.807, 2.05) is 60.0 Å². The predicted octanol–water partition coefficient (Wildman–Crippen LogP) is 5.84. The van der Waals surface area contributed by atoms with E-state index in [0.717, 1.165) is 22.0 Å². The van der Waals surface area contributed by atoms with E-state index in [-0.39, 0.29) is 5.91 Å². The van der Waals surface area contributed by atoms with Crippen LogP contribution >= 0.6 is 11.3 Å². The van der Waals surface area contributed by atoms with Gasteiger partial charge in [-0.15, -0.1) is 11.3 Å². The van der Waals surface area contributed by atoms with Gasteiger partial charge in [0, 0.05) is 16.5 Å². The van der Waals surface area contributed by atoms with Crippen LogP contribution in [0.4, 0.5) is 0 Å². The fourth-order valence-electron chi connectivity index (χ4n) is 2.92. The fourth-order valence-corrected chi connectivity index (χ4v) is 3.83. The molecule has 0 saturated carbocycles. The lowest BCUT2D eigenvalue weighted by molar-refractivity contribution is 0.0950. The first-order valence-electron chi connectivity index (χ1n) is 9.30. The van der Waals surface area contributed by atoms with E-state index in [9.17, 15) is 4.79 Å². The van der Waals surface area contributed by atoms with Gasteiger partial charge in [-0.2, -0.15) is 0 Å². The molecule has 0 saturated heterocycles. The summed E-state index contributed by atoms with van der Waals surface area (Å²) in [5.41, 5.74) is 3.71. The first kappa shape index (κ1) is 18.9. The molecule has 4 rings (SSSR count). The maximum atomic E-state index is 12.6. The molecule has 144 valence electrons. The van der Waals surface area contributed by atoms with Gasteiger partial charge in [0.2, 0.25) is 0 Å². The van der Waals surface area contributed by atoms with Gasteiger partial charge in [-0.25, -0.2) is 4.98 Å². The number of carbonyl (C=O) groups is 1. The lowest BCUT2D eigenvalue weighted by Crippen LogP contribution is -2.22. The molecule has 1 aromatic heterocycles. The van der Waals surface area contributed by atoms with Gasteiger partial charge in [0.15, 0.2) is 0 Å². The van der Waals surface area contributed by atoms with E-state index < -0.39 is 0 Å². The molecule has 0 spiro atoms. The molecule has 0 atom stereocenters. The first-order valence-corrected chi connectivity index (χ1v) is 10.2. The third-order valence-electron chi connectivity index (χ3n) is 4.43. The van der Waals surface area contributed by atoms with Crippen LogP contribution in [-0.2, 0) is 6.54 Å². The van der Waals surface area contributed by atoms with E-state index in [1.165, 1.54) is 5.56 Å². The summed E-state index contributed by atoms with van der Waals surface area (Å²) in [7, 11) is 0. The molecule has 4 aromatic rings. The first-order chi connectivity index (χ1) is 14.2. The Morgan fingerprint density at radius 2 is 1.72 bits per heavy atom. The molecule has 0 radical (unpaired) electrons. The van der Waals surface area contributed by atoms with Gasteiger partial charge >= 0.3 is 0 Å². The molecule has 29 heavy (non-hydrogen) atoms. The summed E-state index contributed by atoms with van der Waals surface area (Å²) in [6, 6.07) is 24.8. The monoisotopic (exact) mass is 400 g/mol. The molecule has 0 aliphatic carbocycles. The molecule has 0 unspecified atom stereocenters. The van der Waals surface area contributed by atoms with Crippen LogP contribution in [0.15, 0.2) is 84.2 Å². The van der Waals surface area contributed by atoms with E-state index in [1.54, 1.807) is 23.5 Å². The minimum Gasteiger partial charge on any atom is -0.457 e. The second-order valence-electron chi connectivity index (χ2n) is 6.58. The Labute approximate surface area is 173 Å². The van der Waals surface area contributed by atoms with E-state index in [2.05, 4.69) is 29.4 Å².